The third-order valence-corrected chi connectivity index (χ3v) is 4.54. The van der Waals surface area contributed by atoms with E-state index in [4.69, 9.17) is 16.7 Å². The number of hydrogen-bond acceptors (Lipinski definition) is 2. The molecule has 1 heterocycles. The second-order valence-corrected chi connectivity index (χ2v) is 5.66. The Bertz CT molecular complexity index is 588. The fourth-order valence-electron chi connectivity index (χ4n) is 2.28. The molecule has 1 aliphatic carbocycles. The number of carboxylic acid groups (broad SMARTS) is 1. The van der Waals surface area contributed by atoms with E-state index in [-0.39, 0.29) is 5.92 Å². The number of aliphatic carboxylic acids is 1. The molecule has 0 saturated heterocycles. The first-order chi connectivity index (χ1) is 7.65. The van der Waals surface area contributed by atoms with Crippen molar-refractivity contribution < 1.29 is 9.90 Å². The van der Waals surface area contributed by atoms with Crippen molar-refractivity contribution in [3.63, 3.8) is 0 Å². The van der Waals surface area contributed by atoms with Gasteiger partial charge in [0.15, 0.2) is 0 Å². The van der Waals surface area contributed by atoms with Gasteiger partial charge in [0.05, 0.1) is 5.92 Å². The molecule has 1 aromatic carbocycles. The molecular weight excluding hydrogens is 244 g/mol. The first kappa shape index (κ1) is 10.1. The van der Waals surface area contributed by atoms with E-state index in [1.54, 1.807) is 11.3 Å². The highest BCUT2D eigenvalue weighted by Gasteiger charge is 2.30. The molecule has 1 aliphatic rings. The molecule has 2 aromatic rings. The van der Waals surface area contributed by atoms with Crippen molar-refractivity contribution in [1.82, 2.24) is 0 Å². The lowest BCUT2D eigenvalue weighted by Crippen LogP contribution is -2.13. The maximum Gasteiger partial charge on any atom is 0.307 e. The molecule has 3 rings (SSSR count). The molecule has 1 aromatic heterocycles. The van der Waals surface area contributed by atoms with Gasteiger partial charge < -0.3 is 5.11 Å². The van der Waals surface area contributed by atoms with Crippen LogP contribution in [0.2, 0.25) is 5.02 Å². The molecule has 1 unspecified atom stereocenters. The minimum absolute atomic E-state index is 0.246. The highest BCUT2D eigenvalue weighted by molar-refractivity contribution is 7.19. The number of hydrogen-bond donors (Lipinski definition) is 1. The third-order valence-electron chi connectivity index (χ3n) is 3.07. The first-order valence-electron chi connectivity index (χ1n) is 5.08. The molecular formula is C12H9ClO2S. The van der Waals surface area contributed by atoms with Crippen molar-refractivity contribution in [2.24, 2.45) is 5.92 Å². The Morgan fingerprint density at radius 3 is 3.00 bits per heavy atom. The van der Waals surface area contributed by atoms with Gasteiger partial charge in [0.1, 0.15) is 0 Å². The predicted molar refractivity (Wildman–Crippen MR) is 65.4 cm³/mol. The van der Waals surface area contributed by atoms with Crippen molar-refractivity contribution in [3.8, 4) is 0 Å². The van der Waals surface area contributed by atoms with Crippen LogP contribution in [0, 0.1) is 5.92 Å². The normalized spacial score (nSPS) is 18.9. The Labute approximate surface area is 101 Å². The lowest BCUT2D eigenvalue weighted by molar-refractivity contribution is -0.141. The van der Waals surface area contributed by atoms with Gasteiger partial charge in [-0.2, -0.15) is 0 Å². The molecule has 0 bridgehead atoms. The summed E-state index contributed by atoms with van der Waals surface area (Å²) in [5.41, 5.74) is 1.19. The summed E-state index contributed by atoms with van der Waals surface area (Å²) in [5, 5.41) is 10.9. The van der Waals surface area contributed by atoms with E-state index in [2.05, 4.69) is 0 Å². The van der Waals surface area contributed by atoms with Crippen LogP contribution in [0.5, 0.6) is 0 Å². The van der Waals surface area contributed by atoms with Gasteiger partial charge in [-0.15, -0.1) is 11.3 Å². The summed E-state index contributed by atoms with van der Waals surface area (Å²) in [7, 11) is 0. The van der Waals surface area contributed by atoms with Crippen LogP contribution < -0.4 is 0 Å². The summed E-state index contributed by atoms with van der Waals surface area (Å²) >= 11 is 7.66. The predicted octanol–water partition coefficient (Wildman–Crippen LogP) is 3.35. The van der Waals surface area contributed by atoms with Crippen molar-refractivity contribution in [2.45, 2.75) is 12.8 Å². The summed E-state index contributed by atoms with van der Waals surface area (Å²) in [6.07, 6.45) is 1.31. The Balaban J connectivity index is 2.13. The van der Waals surface area contributed by atoms with Crippen LogP contribution in [0.15, 0.2) is 18.2 Å². The summed E-state index contributed by atoms with van der Waals surface area (Å²) in [4.78, 5) is 12.2. The fraction of sp³-hybridized carbons (Fsp3) is 0.250. The maximum absolute atomic E-state index is 10.9. The van der Waals surface area contributed by atoms with Crippen LogP contribution in [-0.4, -0.2) is 11.1 Å². The Kier molecular flexibility index (Phi) is 2.19. The SMILES string of the molecule is O=C(O)C1Cc2sc3ccc(Cl)cc3c2C1. The van der Waals surface area contributed by atoms with Crippen molar-refractivity contribution in [3.05, 3.63) is 33.7 Å². The van der Waals surface area contributed by atoms with Crippen LogP contribution in [0.4, 0.5) is 0 Å². The number of fused-ring (bicyclic) bond motifs is 3. The zero-order valence-electron chi connectivity index (χ0n) is 8.37. The molecule has 1 atom stereocenters. The van der Waals surface area contributed by atoms with E-state index < -0.39 is 5.97 Å². The average molecular weight is 253 g/mol. The summed E-state index contributed by atoms with van der Waals surface area (Å²) in [5.74, 6) is -0.941. The van der Waals surface area contributed by atoms with Crippen LogP contribution >= 0.6 is 22.9 Å². The van der Waals surface area contributed by atoms with E-state index in [0.717, 1.165) is 5.39 Å². The lowest BCUT2D eigenvalue weighted by Gasteiger charge is -2.01. The molecule has 16 heavy (non-hydrogen) atoms. The lowest BCUT2D eigenvalue weighted by atomic mass is 10.1. The Hall–Kier alpha value is -1.06. The maximum atomic E-state index is 10.9. The smallest absolute Gasteiger partial charge is 0.307 e. The molecule has 2 nitrogen and oxygen atoms in total. The quantitative estimate of drug-likeness (QED) is 0.845. The minimum atomic E-state index is -0.696. The number of benzene rings is 1. The molecule has 0 radical (unpaired) electrons. The van der Waals surface area contributed by atoms with Crippen LogP contribution in [0.1, 0.15) is 10.4 Å². The molecule has 0 fully saturated rings. The van der Waals surface area contributed by atoms with Crippen molar-refractivity contribution in [2.75, 3.05) is 0 Å². The fourth-order valence-corrected chi connectivity index (χ4v) is 3.74. The Morgan fingerprint density at radius 1 is 1.44 bits per heavy atom. The number of carboxylic acids is 1. The minimum Gasteiger partial charge on any atom is -0.481 e. The van der Waals surface area contributed by atoms with Gasteiger partial charge in [-0.25, -0.2) is 0 Å². The van der Waals surface area contributed by atoms with E-state index in [9.17, 15) is 4.79 Å². The molecule has 0 aliphatic heterocycles. The zero-order valence-corrected chi connectivity index (χ0v) is 9.94. The van der Waals surface area contributed by atoms with E-state index in [1.165, 1.54) is 15.1 Å². The van der Waals surface area contributed by atoms with Crippen LogP contribution in [-0.2, 0) is 17.6 Å². The molecule has 0 spiro atoms. The molecule has 1 N–H and O–H groups in total. The third kappa shape index (κ3) is 1.43. The second kappa shape index (κ2) is 3.47. The number of rotatable bonds is 1. The zero-order chi connectivity index (χ0) is 11.3. The molecule has 4 heteroatoms. The topological polar surface area (TPSA) is 37.3 Å². The summed E-state index contributed by atoms with van der Waals surface area (Å²) in [6.45, 7) is 0. The number of thiophene rings is 1. The number of carbonyl (C=O) groups is 1. The van der Waals surface area contributed by atoms with E-state index in [0.29, 0.717) is 17.9 Å². The van der Waals surface area contributed by atoms with Gasteiger partial charge in [-0.3, -0.25) is 4.79 Å². The van der Waals surface area contributed by atoms with Crippen LogP contribution in [0.3, 0.4) is 0 Å². The van der Waals surface area contributed by atoms with E-state index >= 15 is 0 Å². The molecule has 0 amide bonds. The number of halogens is 1. The summed E-state index contributed by atoms with van der Waals surface area (Å²) < 4.78 is 1.21. The van der Waals surface area contributed by atoms with Gasteiger partial charge in [-0.05, 0) is 42.0 Å². The monoisotopic (exact) mass is 252 g/mol. The van der Waals surface area contributed by atoms with E-state index in [1.807, 2.05) is 18.2 Å². The van der Waals surface area contributed by atoms with Gasteiger partial charge in [0, 0.05) is 14.6 Å². The van der Waals surface area contributed by atoms with Crippen LogP contribution in [0.25, 0.3) is 10.1 Å². The highest BCUT2D eigenvalue weighted by Crippen LogP contribution is 2.40. The Morgan fingerprint density at radius 2 is 2.25 bits per heavy atom. The highest BCUT2D eigenvalue weighted by atomic mass is 35.5. The van der Waals surface area contributed by atoms with Gasteiger partial charge in [0.25, 0.3) is 0 Å². The van der Waals surface area contributed by atoms with Gasteiger partial charge in [-0.1, -0.05) is 11.6 Å². The summed E-state index contributed by atoms with van der Waals surface area (Å²) in [6, 6.07) is 5.83. The molecule has 0 saturated carbocycles. The first-order valence-corrected chi connectivity index (χ1v) is 6.27. The van der Waals surface area contributed by atoms with Crippen molar-refractivity contribution in [1.29, 1.82) is 0 Å². The van der Waals surface area contributed by atoms with Gasteiger partial charge in [0.2, 0.25) is 0 Å². The average Bonchev–Trinajstić information content (AvgIpc) is 2.75. The van der Waals surface area contributed by atoms with Crippen molar-refractivity contribution >= 4 is 39.0 Å². The largest absolute Gasteiger partial charge is 0.481 e. The van der Waals surface area contributed by atoms with Gasteiger partial charge >= 0.3 is 5.97 Å². The molecule has 82 valence electrons. The second-order valence-electron chi connectivity index (χ2n) is 4.09. The standard InChI is InChI=1S/C12H9ClO2S/c13-7-1-2-10-9(5-7)8-3-6(12(14)15)4-11(8)16-10/h1-2,5-6H,3-4H2,(H,14,15).